The SMILES string of the molecule is N#Cc1ccccc1SCC1CCCO1. The Hall–Kier alpha value is -0.980. The summed E-state index contributed by atoms with van der Waals surface area (Å²) >= 11 is 1.72. The van der Waals surface area contributed by atoms with Crippen LogP contribution in [0, 0.1) is 11.3 Å². The summed E-state index contributed by atoms with van der Waals surface area (Å²) in [5.41, 5.74) is 0.764. The molecular formula is C12H13NOS. The van der Waals surface area contributed by atoms with Crippen molar-refractivity contribution in [1.82, 2.24) is 0 Å². The number of nitriles is 1. The third-order valence-electron chi connectivity index (χ3n) is 2.46. The lowest BCUT2D eigenvalue weighted by Gasteiger charge is -2.09. The van der Waals surface area contributed by atoms with Crippen molar-refractivity contribution in [3.63, 3.8) is 0 Å². The lowest BCUT2D eigenvalue weighted by atomic mass is 10.2. The van der Waals surface area contributed by atoms with Gasteiger partial charge in [-0.2, -0.15) is 5.26 Å². The first-order valence-corrected chi connectivity index (χ1v) is 6.12. The zero-order valence-corrected chi connectivity index (χ0v) is 9.30. The molecule has 1 aliphatic heterocycles. The van der Waals surface area contributed by atoms with Crippen molar-refractivity contribution < 1.29 is 4.74 Å². The van der Waals surface area contributed by atoms with Gasteiger partial charge in [-0.25, -0.2) is 0 Å². The van der Waals surface area contributed by atoms with E-state index >= 15 is 0 Å². The predicted octanol–water partition coefficient (Wildman–Crippen LogP) is 2.83. The second-order valence-corrected chi connectivity index (χ2v) is 4.62. The van der Waals surface area contributed by atoms with Gasteiger partial charge >= 0.3 is 0 Å². The van der Waals surface area contributed by atoms with Crippen LogP contribution >= 0.6 is 11.8 Å². The Morgan fingerprint density at radius 1 is 1.47 bits per heavy atom. The van der Waals surface area contributed by atoms with Gasteiger partial charge in [-0.3, -0.25) is 0 Å². The minimum absolute atomic E-state index is 0.377. The van der Waals surface area contributed by atoms with Crippen LogP contribution in [0.25, 0.3) is 0 Å². The summed E-state index contributed by atoms with van der Waals surface area (Å²) in [6.45, 7) is 0.894. The van der Waals surface area contributed by atoms with Crippen LogP contribution < -0.4 is 0 Å². The molecule has 0 aliphatic carbocycles. The van der Waals surface area contributed by atoms with Crippen LogP contribution in [0.5, 0.6) is 0 Å². The second kappa shape index (κ2) is 5.20. The van der Waals surface area contributed by atoms with Crippen LogP contribution in [0.3, 0.4) is 0 Å². The fourth-order valence-corrected chi connectivity index (χ4v) is 2.72. The lowest BCUT2D eigenvalue weighted by Crippen LogP contribution is -2.07. The molecule has 0 saturated carbocycles. The van der Waals surface area contributed by atoms with Crippen molar-refractivity contribution in [2.24, 2.45) is 0 Å². The van der Waals surface area contributed by atoms with Gasteiger partial charge in [0.25, 0.3) is 0 Å². The van der Waals surface area contributed by atoms with Gasteiger partial charge in [-0.15, -0.1) is 11.8 Å². The molecule has 0 spiro atoms. The second-order valence-electron chi connectivity index (χ2n) is 3.55. The normalized spacial score (nSPS) is 20.1. The average molecular weight is 219 g/mol. The van der Waals surface area contributed by atoms with E-state index in [1.165, 1.54) is 6.42 Å². The molecule has 0 amide bonds. The monoisotopic (exact) mass is 219 g/mol. The largest absolute Gasteiger partial charge is 0.377 e. The summed E-state index contributed by atoms with van der Waals surface area (Å²) in [5, 5.41) is 8.92. The van der Waals surface area contributed by atoms with Crippen LogP contribution in [0.15, 0.2) is 29.2 Å². The van der Waals surface area contributed by atoms with E-state index in [4.69, 9.17) is 10.00 Å². The predicted molar refractivity (Wildman–Crippen MR) is 60.9 cm³/mol. The quantitative estimate of drug-likeness (QED) is 0.733. The van der Waals surface area contributed by atoms with Gasteiger partial charge in [0.1, 0.15) is 6.07 Å². The third-order valence-corrected chi connectivity index (χ3v) is 3.66. The van der Waals surface area contributed by atoms with Crippen molar-refractivity contribution in [1.29, 1.82) is 5.26 Å². The van der Waals surface area contributed by atoms with Gasteiger partial charge in [0.05, 0.1) is 11.7 Å². The first kappa shape index (κ1) is 10.5. The molecule has 78 valence electrons. The molecule has 0 aromatic heterocycles. The highest BCUT2D eigenvalue weighted by atomic mass is 32.2. The minimum atomic E-state index is 0.377. The molecule has 0 N–H and O–H groups in total. The lowest BCUT2D eigenvalue weighted by molar-refractivity contribution is 0.129. The first-order chi connectivity index (χ1) is 7.40. The number of rotatable bonds is 3. The van der Waals surface area contributed by atoms with Crippen molar-refractivity contribution in [3.05, 3.63) is 29.8 Å². The highest BCUT2D eigenvalue weighted by Crippen LogP contribution is 2.26. The molecule has 1 saturated heterocycles. The molecule has 1 unspecified atom stereocenters. The maximum absolute atomic E-state index is 8.92. The molecular weight excluding hydrogens is 206 g/mol. The number of nitrogens with zero attached hydrogens (tertiary/aromatic N) is 1. The maximum atomic E-state index is 8.92. The molecule has 1 atom stereocenters. The molecule has 3 heteroatoms. The topological polar surface area (TPSA) is 33.0 Å². The fourth-order valence-electron chi connectivity index (χ4n) is 1.64. The number of benzene rings is 1. The van der Waals surface area contributed by atoms with Gasteiger partial charge in [0.15, 0.2) is 0 Å². The molecule has 2 rings (SSSR count). The fraction of sp³-hybridized carbons (Fsp3) is 0.417. The van der Waals surface area contributed by atoms with Crippen LogP contribution in [0.2, 0.25) is 0 Å². The first-order valence-electron chi connectivity index (χ1n) is 5.13. The zero-order valence-electron chi connectivity index (χ0n) is 8.48. The van der Waals surface area contributed by atoms with E-state index in [9.17, 15) is 0 Å². The molecule has 0 radical (unpaired) electrons. The van der Waals surface area contributed by atoms with Crippen LogP contribution in [-0.4, -0.2) is 18.5 Å². The van der Waals surface area contributed by atoms with Gasteiger partial charge in [-0.05, 0) is 25.0 Å². The van der Waals surface area contributed by atoms with Crippen LogP contribution in [-0.2, 0) is 4.74 Å². The number of ether oxygens (including phenoxy) is 1. The van der Waals surface area contributed by atoms with Gasteiger partial charge in [0.2, 0.25) is 0 Å². The Bertz CT molecular complexity index is 366. The van der Waals surface area contributed by atoms with Crippen LogP contribution in [0.1, 0.15) is 18.4 Å². The smallest absolute Gasteiger partial charge is 0.100 e. The van der Waals surface area contributed by atoms with Gasteiger partial charge < -0.3 is 4.74 Å². The summed E-state index contributed by atoms with van der Waals surface area (Å²) in [5.74, 6) is 0.957. The van der Waals surface area contributed by atoms with Gasteiger partial charge in [0, 0.05) is 17.3 Å². The van der Waals surface area contributed by atoms with E-state index < -0.39 is 0 Å². The van der Waals surface area contributed by atoms with E-state index in [-0.39, 0.29) is 0 Å². The Morgan fingerprint density at radius 3 is 3.07 bits per heavy atom. The molecule has 1 aromatic carbocycles. The summed E-state index contributed by atoms with van der Waals surface area (Å²) < 4.78 is 5.54. The zero-order chi connectivity index (χ0) is 10.5. The van der Waals surface area contributed by atoms with E-state index in [0.717, 1.165) is 29.2 Å². The van der Waals surface area contributed by atoms with E-state index in [1.807, 2.05) is 24.3 Å². The molecule has 1 aliphatic rings. The van der Waals surface area contributed by atoms with E-state index in [1.54, 1.807) is 11.8 Å². The molecule has 1 heterocycles. The third kappa shape index (κ3) is 2.74. The number of hydrogen-bond donors (Lipinski definition) is 0. The van der Waals surface area contributed by atoms with Crippen molar-refractivity contribution in [2.75, 3.05) is 12.4 Å². The molecule has 2 nitrogen and oxygen atoms in total. The Kier molecular flexibility index (Phi) is 3.65. The highest BCUT2D eigenvalue weighted by Gasteiger charge is 2.16. The average Bonchev–Trinajstić information content (AvgIpc) is 2.79. The van der Waals surface area contributed by atoms with Crippen molar-refractivity contribution >= 4 is 11.8 Å². The number of thioether (sulfide) groups is 1. The Balaban J connectivity index is 1.95. The molecule has 1 aromatic rings. The summed E-state index contributed by atoms with van der Waals surface area (Å²) in [7, 11) is 0. The standard InChI is InChI=1S/C12H13NOS/c13-8-10-4-1-2-6-12(10)15-9-11-5-3-7-14-11/h1-2,4,6,11H,3,5,7,9H2. The number of hydrogen-bond acceptors (Lipinski definition) is 3. The molecule has 0 bridgehead atoms. The van der Waals surface area contributed by atoms with Gasteiger partial charge in [-0.1, -0.05) is 12.1 Å². The van der Waals surface area contributed by atoms with E-state index in [2.05, 4.69) is 6.07 Å². The summed E-state index contributed by atoms with van der Waals surface area (Å²) in [4.78, 5) is 1.07. The van der Waals surface area contributed by atoms with E-state index in [0.29, 0.717) is 6.10 Å². The minimum Gasteiger partial charge on any atom is -0.377 e. The van der Waals surface area contributed by atoms with Crippen molar-refractivity contribution in [3.8, 4) is 6.07 Å². The molecule has 15 heavy (non-hydrogen) atoms. The summed E-state index contributed by atoms with van der Waals surface area (Å²) in [6.07, 6.45) is 2.70. The van der Waals surface area contributed by atoms with Crippen LogP contribution in [0.4, 0.5) is 0 Å². The maximum Gasteiger partial charge on any atom is 0.100 e. The highest BCUT2D eigenvalue weighted by molar-refractivity contribution is 7.99. The Labute approximate surface area is 94.2 Å². The molecule has 1 fully saturated rings. The summed E-state index contributed by atoms with van der Waals surface area (Å²) in [6, 6.07) is 9.93. The Morgan fingerprint density at radius 2 is 2.33 bits per heavy atom. The van der Waals surface area contributed by atoms with Crippen molar-refractivity contribution in [2.45, 2.75) is 23.8 Å².